The summed E-state index contributed by atoms with van der Waals surface area (Å²) in [7, 11) is 0. The molecule has 0 aliphatic carbocycles. The fourth-order valence-corrected chi connectivity index (χ4v) is 4.93. The van der Waals surface area contributed by atoms with E-state index >= 15 is 4.39 Å². The molecule has 0 aliphatic rings. The van der Waals surface area contributed by atoms with Crippen molar-refractivity contribution in [1.29, 1.82) is 0 Å². The molecule has 0 saturated carbocycles. The number of carbonyl (C=O) groups is 2. The summed E-state index contributed by atoms with van der Waals surface area (Å²) < 4.78 is 20.6. The zero-order chi connectivity index (χ0) is 30.1. The zero-order valence-electron chi connectivity index (χ0n) is 23.9. The van der Waals surface area contributed by atoms with E-state index in [0.717, 1.165) is 22.8 Å². The van der Waals surface area contributed by atoms with Crippen LogP contribution in [0.1, 0.15) is 54.7 Å². The normalized spacial score (nSPS) is 11.8. The summed E-state index contributed by atoms with van der Waals surface area (Å²) >= 11 is 0. The van der Waals surface area contributed by atoms with Gasteiger partial charge in [-0.1, -0.05) is 66.7 Å². The zero-order valence-corrected chi connectivity index (χ0v) is 23.9. The Bertz CT molecular complexity index is 1860. The van der Waals surface area contributed by atoms with E-state index in [1.807, 2.05) is 82.3 Å². The second-order valence-electron chi connectivity index (χ2n) is 11.3. The van der Waals surface area contributed by atoms with Crippen molar-refractivity contribution in [3.63, 3.8) is 0 Å². The Morgan fingerprint density at radius 3 is 2.12 bits per heavy atom. The van der Waals surface area contributed by atoms with E-state index in [4.69, 9.17) is 4.74 Å². The largest absolute Gasteiger partial charge is 0.445 e. The first-order valence-corrected chi connectivity index (χ1v) is 13.6. The van der Waals surface area contributed by atoms with Gasteiger partial charge in [0.05, 0.1) is 22.2 Å². The maximum atomic E-state index is 15.2. The minimum atomic E-state index is -0.908. The lowest BCUT2D eigenvalue weighted by molar-refractivity contribution is 0.0908. The molecule has 5 aromatic rings. The van der Waals surface area contributed by atoms with Gasteiger partial charge in [-0.05, 0) is 68.7 Å². The predicted molar refractivity (Wildman–Crippen MR) is 162 cm³/mol. The summed E-state index contributed by atoms with van der Waals surface area (Å²) in [6, 6.07) is 26.3. The molecular weight excluding hydrogens is 533 g/mol. The number of rotatable bonds is 7. The highest BCUT2D eigenvalue weighted by atomic mass is 19.1. The smallest absolute Gasteiger partial charge is 0.408 e. The Balaban J connectivity index is 1.34. The molecule has 3 N–H and O–H groups in total. The van der Waals surface area contributed by atoms with Gasteiger partial charge in [0.1, 0.15) is 12.4 Å². The third-order valence-electron chi connectivity index (χ3n) is 7.40. The molecule has 0 spiro atoms. The van der Waals surface area contributed by atoms with Crippen molar-refractivity contribution >= 4 is 33.8 Å². The number of carbonyl (C=O) groups excluding carboxylic acids is 2. The van der Waals surface area contributed by atoms with Crippen LogP contribution in [0.3, 0.4) is 0 Å². The second-order valence-corrected chi connectivity index (χ2v) is 11.3. The van der Waals surface area contributed by atoms with Crippen LogP contribution in [0.25, 0.3) is 21.8 Å². The molecule has 7 nitrogen and oxygen atoms in total. The Morgan fingerprint density at radius 2 is 1.40 bits per heavy atom. The third kappa shape index (κ3) is 5.88. The van der Waals surface area contributed by atoms with E-state index in [1.54, 1.807) is 24.3 Å². The molecule has 0 aliphatic heterocycles. The average Bonchev–Trinajstić information content (AvgIpc) is 2.96. The number of para-hydroxylation sites is 1. The summed E-state index contributed by atoms with van der Waals surface area (Å²) in [5.74, 6) is -1.41. The monoisotopic (exact) mass is 565 g/mol. The standard InChI is InChI=1S/C34H32FN3O4/c1-33(2,22-13-10-14-23(17-22)34(3,4)38-32(41)42-20-21-11-6-5-7-12-21)37-31(40)25-19-29-26(18-27(25)35)30(39)24-15-8-9-16-28(24)36-29/h5-19H,20H2,1-4H3,(H,36,39)(H,37,40)(H,38,41). The lowest BCUT2D eigenvalue weighted by Crippen LogP contribution is -2.43. The maximum Gasteiger partial charge on any atom is 0.408 e. The quantitative estimate of drug-likeness (QED) is 0.193. The second kappa shape index (κ2) is 11.1. The van der Waals surface area contributed by atoms with E-state index in [0.29, 0.717) is 16.4 Å². The molecule has 42 heavy (non-hydrogen) atoms. The number of alkyl carbamates (subject to hydrolysis) is 1. The van der Waals surface area contributed by atoms with Crippen LogP contribution in [0.15, 0.2) is 95.8 Å². The lowest BCUT2D eigenvalue weighted by Gasteiger charge is -2.31. The molecule has 1 heterocycles. The highest BCUT2D eigenvalue weighted by Crippen LogP contribution is 2.28. The molecule has 214 valence electrons. The number of H-pyrrole nitrogens is 1. The molecule has 4 aromatic carbocycles. The number of hydrogen-bond acceptors (Lipinski definition) is 4. The highest BCUT2D eigenvalue weighted by molar-refractivity contribution is 6.00. The van der Waals surface area contributed by atoms with Gasteiger partial charge in [-0.2, -0.15) is 0 Å². The first-order chi connectivity index (χ1) is 19.9. The van der Waals surface area contributed by atoms with E-state index in [1.165, 1.54) is 6.07 Å². The molecule has 0 saturated heterocycles. The number of aromatic nitrogens is 1. The molecule has 1 aromatic heterocycles. The number of amides is 2. The van der Waals surface area contributed by atoms with Crippen LogP contribution >= 0.6 is 0 Å². The van der Waals surface area contributed by atoms with Gasteiger partial charge in [-0.25, -0.2) is 9.18 Å². The Labute approximate surface area is 242 Å². The van der Waals surface area contributed by atoms with Gasteiger partial charge in [-0.15, -0.1) is 0 Å². The summed E-state index contributed by atoms with van der Waals surface area (Å²) in [4.78, 5) is 41.9. The number of ether oxygens (including phenoxy) is 1. The van der Waals surface area contributed by atoms with Crippen molar-refractivity contribution in [2.45, 2.75) is 45.4 Å². The van der Waals surface area contributed by atoms with E-state index in [-0.39, 0.29) is 23.0 Å². The Morgan fingerprint density at radius 1 is 0.762 bits per heavy atom. The SMILES string of the molecule is CC(C)(NC(=O)OCc1ccccc1)c1cccc(C(C)(C)NC(=O)c2cc3[nH]c4ccccc4c(=O)c3cc2F)c1. The van der Waals surface area contributed by atoms with Crippen LogP contribution in [0.5, 0.6) is 0 Å². The number of fused-ring (bicyclic) bond motifs is 2. The summed E-state index contributed by atoms with van der Waals surface area (Å²) in [6.07, 6.45) is -0.556. The van der Waals surface area contributed by atoms with Gasteiger partial charge in [0.2, 0.25) is 0 Å². The number of aromatic amines is 1. The van der Waals surface area contributed by atoms with E-state index in [2.05, 4.69) is 15.6 Å². The van der Waals surface area contributed by atoms with Crippen molar-refractivity contribution in [1.82, 2.24) is 15.6 Å². The van der Waals surface area contributed by atoms with Crippen LogP contribution in [-0.4, -0.2) is 17.0 Å². The van der Waals surface area contributed by atoms with Crippen molar-refractivity contribution in [2.75, 3.05) is 0 Å². The van der Waals surface area contributed by atoms with E-state index < -0.39 is 28.9 Å². The van der Waals surface area contributed by atoms with Crippen molar-refractivity contribution in [3.05, 3.63) is 129 Å². The highest BCUT2D eigenvalue weighted by Gasteiger charge is 2.29. The fourth-order valence-electron chi connectivity index (χ4n) is 4.93. The predicted octanol–water partition coefficient (Wildman–Crippen LogP) is 6.65. The third-order valence-corrected chi connectivity index (χ3v) is 7.40. The number of pyridine rings is 1. The molecule has 0 unspecified atom stereocenters. The molecule has 0 radical (unpaired) electrons. The van der Waals surface area contributed by atoms with Crippen molar-refractivity contribution in [3.8, 4) is 0 Å². The van der Waals surface area contributed by atoms with Gasteiger partial charge < -0.3 is 20.4 Å². The first-order valence-electron chi connectivity index (χ1n) is 13.6. The molecule has 5 rings (SSSR count). The first kappa shape index (κ1) is 28.5. The number of nitrogens with one attached hydrogen (secondary N) is 3. The number of benzene rings is 4. The van der Waals surface area contributed by atoms with Crippen molar-refractivity contribution in [2.24, 2.45) is 0 Å². The van der Waals surface area contributed by atoms with Crippen LogP contribution < -0.4 is 16.1 Å². The average molecular weight is 566 g/mol. The van der Waals surface area contributed by atoms with Gasteiger partial charge in [-0.3, -0.25) is 9.59 Å². The van der Waals surface area contributed by atoms with Crippen LogP contribution in [0.2, 0.25) is 0 Å². The minimum Gasteiger partial charge on any atom is -0.445 e. The summed E-state index contributed by atoms with van der Waals surface area (Å²) in [5, 5.41) is 6.45. The molecule has 8 heteroatoms. The molecular formula is C34H32FN3O4. The molecule has 2 amide bonds. The Kier molecular flexibility index (Phi) is 7.56. The minimum absolute atomic E-state index is 0.150. The lowest BCUT2D eigenvalue weighted by atomic mass is 9.87. The molecule has 0 bridgehead atoms. The van der Waals surface area contributed by atoms with Gasteiger partial charge >= 0.3 is 6.09 Å². The van der Waals surface area contributed by atoms with Crippen molar-refractivity contribution < 1.29 is 18.7 Å². The number of hydrogen-bond donors (Lipinski definition) is 3. The maximum absolute atomic E-state index is 15.2. The topological polar surface area (TPSA) is 100 Å². The van der Waals surface area contributed by atoms with Gasteiger partial charge in [0.25, 0.3) is 5.91 Å². The van der Waals surface area contributed by atoms with Gasteiger partial charge in [0.15, 0.2) is 5.43 Å². The Hall–Kier alpha value is -4.98. The molecule has 0 fully saturated rings. The van der Waals surface area contributed by atoms with E-state index in [9.17, 15) is 14.4 Å². The molecule has 0 atom stereocenters. The fraction of sp³-hybridized carbons (Fsp3) is 0.206. The van der Waals surface area contributed by atoms with Crippen LogP contribution in [-0.2, 0) is 22.4 Å². The summed E-state index contributed by atoms with van der Waals surface area (Å²) in [5.41, 5.74) is 1.22. The number of halogens is 1. The summed E-state index contributed by atoms with van der Waals surface area (Å²) in [6.45, 7) is 7.49. The van der Waals surface area contributed by atoms with Crippen LogP contribution in [0.4, 0.5) is 9.18 Å². The van der Waals surface area contributed by atoms with Gasteiger partial charge in [0, 0.05) is 16.3 Å². The van der Waals surface area contributed by atoms with Crippen LogP contribution in [0, 0.1) is 5.82 Å².